The Hall–Kier alpha value is -3.19. The summed E-state index contributed by atoms with van der Waals surface area (Å²) >= 11 is 1.67. The van der Waals surface area contributed by atoms with E-state index < -0.39 is 0 Å². The predicted molar refractivity (Wildman–Crippen MR) is 114 cm³/mol. The smallest absolute Gasteiger partial charge is 0.231 e. The summed E-state index contributed by atoms with van der Waals surface area (Å²) in [6, 6.07) is 16.3. The molecule has 7 heteroatoms. The number of hydrazone groups is 1. The molecule has 0 fully saturated rings. The summed E-state index contributed by atoms with van der Waals surface area (Å²) in [7, 11) is 0. The lowest BCUT2D eigenvalue weighted by atomic mass is 9.96. The number of ether oxygens (including phenoxy) is 4. The van der Waals surface area contributed by atoms with Gasteiger partial charge in [-0.2, -0.15) is 5.10 Å². The maximum atomic E-state index is 6.49. The van der Waals surface area contributed by atoms with Gasteiger partial charge >= 0.3 is 0 Å². The lowest BCUT2D eigenvalue weighted by molar-refractivity contribution is -0.0188. The fourth-order valence-electron chi connectivity index (χ4n) is 4.22. The van der Waals surface area contributed by atoms with Crippen LogP contribution >= 0.6 is 11.3 Å². The van der Waals surface area contributed by atoms with Gasteiger partial charge in [0.1, 0.15) is 0 Å². The highest BCUT2D eigenvalue weighted by Crippen LogP contribution is 2.51. The molecule has 2 atom stereocenters. The van der Waals surface area contributed by atoms with Crippen molar-refractivity contribution in [3.63, 3.8) is 0 Å². The average molecular weight is 420 g/mol. The molecule has 0 spiro atoms. The third kappa shape index (κ3) is 2.73. The highest BCUT2D eigenvalue weighted by atomic mass is 32.1. The number of rotatable bonds is 4. The summed E-state index contributed by atoms with van der Waals surface area (Å²) in [6.07, 6.45) is 0.503. The van der Waals surface area contributed by atoms with Gasteiger partial charge in [-0.1, -0.05) is 18.2 Å². The normalized spacial score (nSPS) is 21.0. The summed E-state index contributed by atoms with van der Waals surface area (Å²) < 4.78 is 23.4. The molecule has 6 nitrogen and oxygen atoms in total. The van der Waals surface area contributed by atoms with E-state index in [1.165, 1.54) is 0 Å². The Bertz CT molecular complexity index is 1130. The molecule has 0 N–H and O–H groups in total. The first-order valence-electron chi connectivity index (χ1n) is 10.0. The molecule has 2 aromatic carbocycles. The SMILES string of the molecule is CCOc1cccc2c1O[C@H](c1cccs1)N1N=C(c3ccc4c(c3)OCO4)C[C@H]21. The Labute approximate surface area is 178 Å². The highest BCUT2D eigenvalue weighted by molar-refractivity contribution is 7.10. The minimum Gasteiger partial charge on any atom is -0.490 e. The van der Waals surface area contributed by atoms with Crippen molar-refractivity contribution in [1.82, 2.24) is 5.01 Å². The van der Waals surface area contributed by atoms with E-state index in [1.54, 1.807) is 11.3 Å². The molecule has 0 aliphatic carbocycles. The highest BCUT2D eigenvalue weighted by Gasteiger charge is 2.42. The molecule has 30 heavy (non-hydrogen) atoms. The van der Waals surface area contributed by atoms with Crippen LogP contribution in [0.2, 0.25) is 0 Å². The van der Waals surface area contributed by atoms with Crippen molar-refractivity contribution in [3.05, 3.63) is 69.9 Å². The van der Waals surface area contributed by atoms with E-state index in [9.17, 15) is 0 Å². The third-order valence-electron chi connectivity index (χ3n) is 5.57. The Balaban J connectivity index is 1.43. The molecule has 152 valence electrons. The Kier molecular flexibility index (Phi) is 4.09. The van der Waals surface area contributed by atoms with Crippen LogP contribution in [0.15, 0.2) is 59.0 Å². The topological polar surface area (TPSA) is 52.5 Å². The number of para-hydroxylation sites is 1. The second-order valence-electron chi connectivity index (χ2n) is 7.31. The van der Waals surface area contributed by atoms with Gasteiger partial charge in [0.15, 0.2) is 23.0 Å². The number of hydrogen-bond acceptors (Lipinski definition) is 7. The van der Waals surface area contributed by atoms with Crippen LogP contribution in [0.25, 0.3) is 0 Å². The first kappa shape index (κ1) is 17.7. The second-order valence-corrected chi connectivity index (χ2v) is 8.29. The van der Waals surface area contributed by atoms with Crippen molar-refractivity contribution in [3.8, 4) is 23.0 Å². The number of benzene rings is 2. The summed E-state index contributed by atoms with van der Waals surface area (Å²) in [5.41, 5.74) is 3.16. The lowest BCUT2D eigenvalue weighted by Crippen LogP contribution is -2.33. The summed E-state index contributed by atoms with van der Waals surface area (Å²) in [5.74, 6) is 3.15. The predicted octanol–water partition coefficient (Wildman–Crippen LogP) is 5.12. The number of nitrogens with zero attached hydrogens (tertiary/aromatic N) is 2. The van der Waals surface area contributed by atoms with Gasteiger partial charge in [0.05, 0.1) is 23.2 Å². The molecule has 0 amide bonds. The van der Waals surface area contributed by atoms with E-state index in [0.717, 1.165) is 51.1 Å². The van der Waals surface area contributed by atoms with Crippen LogP contribution < -0.4 is 18.9 Å². The minimum absolute atomic E-state index is 0.0849. The van der Waals surface area contributed by atoms with Crippen LogP contribution in [0.5, 0.6) is 23.0 Å². The Morgan fingerprint density at radius 3 is 2.93 bits per heavy atom. The van der Waals surface area contributed by atoms with Crippen LogP contribution in [0.4, 0.5) is 0 Å². The fourth-order valence-corrected chi connectivity index (χ4v) is 4.97. The first-order chi connectivity index (χ1) is 14.8. The zero-order chi connectivity index (χ0) is 20.1. The van der Waals surface area contributed by atoms with Crippen molar-refractivity contribution < 1.29 is 18.9 Å². The van der Waals surface area contributed by atoms with E-state index in [-0.39, 0.29) is 19.1 Å². The second kappa shape index (κ2) is 6.95. The van der Waals surface area contributed by atoms with Gasteiger partial charge in [-0.3, -0.25) is 0 Å². The van der Waals surface area contributed by atoms with Crippen molar-refractivity contribution in [2.24, 2.45) is 5.10 Å². The molecule has 0 saturated carbocycles. The maximum Gasteiger partial charge on any atom is 0.231 e. The summed E-state index contributed by atoms with van der Waals surface area (Å²) in [4.78, 5) is 1.12. The standard InChI is InChI=1S/C23H20N2O4S/c1-2-26-19-6-3-5-15-17-12-16(14-8-9-18-20(11-14)28-13-27-18)24-25(17)23(29-22(15)19)21-7-4-10-30-21/h3-11,17,23H,2,12-13H2,1H3/t17-,23-/m1/s1. The van der Waals surface area contributed by atoms with Crippen LogP contribution in [-0.4, -0.2) is 24.1 Å². The van der Waals surface area contributed by atoms with Crippen LogP contribution in [0, 0.1) is 0 Å². The van der Waals surface area contributed by atoms with Crippen LogP contribution in [-0.2, 0) is 0 Å². The van der Waals surface area contributed by atoms with Gasteiger partial charge in [-0.25, -0.2) is 5.01 Å². The lowest BCUT2D eigenvalue weighted by Gasteiger charge is -2.38. The third-order valence-corrected chi connectivity index (χ3v) is 6.48. The van der Waals surface area contributed by atoms with Crippen LogP contribution in [0.3, 0.4) is 0 Å². The number of fused-ring (bicyclic) bond motifs is 4. The first-order valence-corrected chi connectivity index (χ1v) is 10.9. The summed E-state index contributed by atoms with van der Waals surface area (Å²) in [5, 5.41) is 9.16. The van der Waals surface area contributed by atoms with Gasteiger partial charge in [0.25, 0.3) is 0 Å². The van der Waals surface area contributed by atoms with Crippen molar-refractivity contribution >= 4 is 17.0 Å². The molecule has 0 unspecified atom stereocenters. The largest absolute Gasteiger partial charge is 0.490 e. The van der Waals surface area contributed by atoms with Crippen LogP contribution in [0.1, 0.15) is 41.6 Å². The minimum atomic E-state index is -0.282. The quantitative estimate of drug-likeness (QED) is 0.587. The molecule has 3 aromatic rings. The molecular weight excluding hydrogens is 400 g/mol. The van der Waals surface area contributed by atoms with E-state index >= 15 is 0 Å². The average Bonchev–Trinajstić information content (AvgIpc) is 3.53. The molecule has 4 heterocycles. The fraction of sp³-hybridized carbons (Fsp3) is 0.261. The summed E-state index contributed by atoms with van der Waals surface area (Å²) in [6.45, 7) is 2.85. The zero-order valence-electron chi connectivity index (χ0n) is 16.4. The molecule has 3 aliphatic rings. The van der Waals surface area contributed by atoms with E-state index in [4.69, 9.17) is 24.0 Å². The molecule has 3 aliphatic heterocycles. The van der Waals surface area contributed by atoms with E-state index in [0.29, 0.717) is 6.61 Å². The molecule has 6 rings (SSSR count). The van der Waals surface area contributed by atoms with E-state index in [1.807, 2.05) is 43.3 Å². The van der Waals surface area contributed by atoms with Gasteiger partial charge in [0, 0.05) is 17.5 Å². The van der Waals surface area contributed by atoms with Gasteiger partial charge in [-0.05, 0) is 42.6 Å². The monoisotopic (exact) mass is 420 g/mol. The Morgan fingerprint density at radius 2 is 2.07 bits per heavy atom. The van der Waals surface area contributed by atoms with Crippen molar-refractivity contribution in [2.45, 2.75) is 25.6 Å². The van der Waals surface area contributed by atoms with E-state index in [2.05, 4.69) is 22.5 Å². The maximum absolute atomic E-state index is 6.49. The van der Waals surface area contributed by atoms with Crippen molar-refractivity contribution in [2.75, 3.05) is 13.4 Å². The zero-order valence-corrected chi connectivity index (χ0v) is 17.2. The number of hydrogen-bond donors (Lipinski definition) is 0. The molecule has 0 saturated heterocycles. The number of thiophene rings is 1. The molecule has 1 aromatic heterocycles. The van der Waals surface area contributed by atoms with Crippen molar-refractivity contribution in [1.29, 1.82) is 0 Å². The van der Waals surface area contributed by atoms with Gasteiger partial charge in [0.2, 0.25) is 13.0 Å². The molecule has 0 bridgehead atoms. The Morgan fingerprint density at radius 1 is 1.13 bits per heavy atom. The molecular formula is C23H20N2O4S. The van der Waals surface area contributed by atoms with Gasteiger partial charge in [-0.15, -0.1) is 11.3 Å². The molecule has 0 radical (unpaired) electrons. The van der Waals surface area contributed by atoms with Gasteiger partial charge < -0.3 is 18.9 Å².